The second-order valence-electron chi connectivity index (χ2n) is 5.95. The maximum Gasteiger partial charge on any atom is 0.0106 e. The minimum absolute atomic E-state index is 0.582. The molecular weight excluding hydrogens is 262 g/mol. The Bertz CT molecular complexity index is 572. The third-order valence-electron chi connectivity index (χ3n) is 4.40. The van der Waals surface area contributed by atoms with Gasteiger partial charge in [0, 0.05) is 10.8 Å². The molecule has 1 N–H and O–H groups in total. The predicted octanol–water partition coefficient (Wildman–Crippen LogP) is 4.22. The van der Waals surface area contributed by atoms with Gasteiger partial charge in [-0.25, -0.2) is 0 Å². The summed E-state index contributed by atoms with van der Waals surface area (Å²) in [7, 11) is 2.05. The van der Waals surface area contributed by atoms with Crippen LogP contribution in [0.4, 0.5) is 0 Å². The third-order valence-corrected chi connectivity index (χ3v) is 5.39. The fraction of sp³-hybridized carbons (Fsp3) is 0.444. The van der Waals surface area contributed by atoms with E-state index in [-0.39, 0.29) is 0 Å². The quantitative estimate of drug-likeness (QED) is 0.886. The van der Waals surface area contributed by atoms with Crippen LogP contribution in [0.15, 0.2) is 35.7 Å². The number of thiophene rings is 1. The van der Waals surface area contributed by atoms with E-state index in [9.17, 15) is 0 Å². The molecule has 0 saturated heterocycles. The molecule has 0 amide bonds. The van der Waals surface area contributed by atoms with Gasteiger partial charge in [-0.1, -0.05) is 31.2 Å². The second kappa shape index (κ2) is 6.11. The highest BCUT2D eigenvalue weighted by atomic mass is 32.1. The average Bonchev–Trinajstić information content (AvgIpc) is 2.86. The van der Waals surface area contributed by atoms with Crippen LogP contribution in [0.2, 0.25) is 0 Å². The Morgan fingerprint density at radius 3 is 2.90 bits per heavy atom. The SMILES string of the molecule is CNCC(C)CC1c2ccccc2CCc2sccc21. The van der Waals surface area contributed by atoms with Gasteiger partial charge in [0.25, 0.3) is 0 Å². The summed E-state index contributed by atoms with van der Waals surface area (Å²) in [5.74, 6) is 1.28. The van der Waals surface area contributed by atoms with E-state index >= 15 is 0 Å². The van der Waals surface area contributed by atoms with Crippen molar-refractivity contribution in [1.29, 1.82) is 0 Å². The molecule has 106 valence electrons. The lowest BCUT2D eigenvalue weighted by molar-refractivity contribution is 0.476. The molecule has 1 aromatic carbocycles. The summed E-state index contributed by atoms with van der Waals surface area (Å²) < 4.78 is 0. The van der Waals surface area contributed by atoms with Crippen molar-refractivity contribution < 1.29 is 0 Å². The molecule has 1 nitrogen and oxygen atoms in total. The first-order valence-electron chi connectivity index (χ1n) is 7.58. The van der Waals surface area contributed by atoms with Gasteiger partial charge < -0.3 is 5.32 Å². The highest BCUT2D eigenvalue weighted by molar-refractivity contribution is 7.10. The van der Waals surface area contributed by atoms with Crippen LogP contribution in [0.3, 0.4) is 0 Å². The molecule has 3 rings (SSSR count). The van der Waals surface area contributed by atoms with Gasteiger partial charge in [0.2, 0.25) is 0 Å². The molecule has 0 aliphatic heterocycles. The van der Waals surface area contributed by atoms with Gasteiger partial charge in [-0.05, 0) is 66.9 Å². The number of aryl methyl sites for hydroxylation is 2. The molecule has 1 heterocycles. The minimum atomic E-state index is 0.582. The molecule has 2 atom stereocenters. The van der Waals surface area contributed by atoms with Crippen molar-refractivity contribution in [2.75, 3.05) is 13.6 Å². The molecule has 2 heteroatoms. The molecule has 0 radical (unpaired) electrons. The fourth-order valence-electron chi connectivity index (χ4n) is 3.47. The van der Waals surface area contributed by atoms with E-state index in [1.807, 2.05) is 18.4 Å². The van der Waals surface area contributed by atoms with Crippen molar-refractivity contribution in [3.8, 4) is 0 Å². The zero-order valence-corrected chi connectivity index (χ0v) is 13.2. The highest BCUT2D eigenvalue weighted by Crippen LogP contribution is 2.40. The largest absolute Gasteiger partial charge is 0.319 e. The van der Waals surface area contributed by atoms with Gasteiger partial charge in [0.15, 0.2) is 0 Å². The number of hydrogen-bond donors (Lipinski definition) is 1. The molecule has 2 aromatic rings. The fourth-order valence-corrected chi connectivity index (χ4v) is 4.42. The topological polar surface area (TPSA) is 12.0 Å². The van der Waals surface area contributed by atoms with Crippen molar-refractivity contribution >= 4 is 11.3 Å². The Labute approximate surface area is 126 Å². The van der Waals surface area contributed by atoms with E-state index < -0.39 is 0 Å². The average molecular weight is 285 g/mol. The molecule has 1 aliphatic rings. The van der Waals surface area contributed by atoms with Crippen molar-refractivity contribution in [3.63, 3.8) is 0 Å². The van der Waals surface area contributed by atoms with Crippen LogP contribution in [0.25, 0.3) is 0 Å². The summed E-state index contributed by atoms with van der Waals surface area (Å²) in [5.41, 5.74) is 4.70. The highest BCUT2D eigenvalue weighted by Gasteiger charge is 2.25. The predicted molar refractivity (Wildman–Crippen MR) is 87.7 cm³/mol. The van der Waals surface area contributed by atoms with E-state index in [1.165, 1.54) is 19.3 Å². The zero-order valence-electron chi connectivity index (χ0n) is 12.4. The lowest BCUT2D eigenvalue weighted by Gasteiger charge is -2.22. The maximum absolute atomic E-state index is 3.32. The molecule has 20 heavy (non-hydrogen) atoms. The van der Waals surface area contributed by atoms with Crippen LogP contribution in [-0.2, 0) is 12.8 Å². The minimum Gasteiger partial charge on any atom is -0.319 e. The van der Waals surface area contributed by atoms with Crippen LogP contribution < -0.4 is 5.32 Å². The van der Waals surface area contributed by atoms with Gasteiger partial charge in [-0.15, -0.1) is 11.3 Å². The monoisotopic (exact) mass is 285 g/mol. The van der Waals surface area contributed by atoms with Gasteiger partial charge in [-0.3, -0.25) is 0 Å². The van der Waals surface area contributed by atoms with E-state index in [0.29, 0.717) is 11.8 Å². The van der Waals surface area contributed by atoms with Crippen LogP contribution in [0.5, 0.6) is 0 Å². The number of rotatable bonds is 4. The Morgan fingerprint density at radius 2 is 2.05 bits per heavy atom. The molecule has 0 spiro atoms. The maximum atomic E-state index is 3.32. The zero-order chi connectivity index (χ0) is 13.9. The Hall–Kier alpha value is -1.12. The first-order chi connectivity index (χ1) is 9.79. The van der Waals surface area contributed by atoms with E-state index in [0.717, 1.165) is 6.54 Å². The first kappa shape index (κ1) is 13.8. The number of fused-ring (bicyclic) bond motifs is 2. The Morgan fingerprint density at radius 1 is 1.20 bits per heavy atom. The number of nitrogens with one attached hydrogen (secondary N) is 1. The standard InChI is InChI=1S/C18H23NS/c1-13(12-19-2)11-17-15-6-4-3-5-14(15)7-8-18-16(17)9-10-20-18/h3-6,9-10,13,17,19H,7-8,11-12H2,1-2H3. The van der Waals surface area contributed by atoms with Crippen LogP contribution in [-0.4, -0.2) is 13.6 Å². The summed E-state index contributed by atoms with van der Waals surface area (Å²) in [6.45, 7) is 3.45. The van der Waals surface area contributed by atoms with Gasteiger partial charge in [0.05, 0.1) is 0 Å². The van der Waals surface area contributed by atoms with E-state index in [4.69, 9.17) is 0 Å². The molecular formula is C18H23NS. The van der Waals surface area contributed by atoms with E-state index in [1.54, 1.807) is 21.6 Å². The summed E-state index contributed by atoms with van der Waals surface area (Å²) in [6.07, 6.45) is 3.64. The summed E-state index contributed by atoms with van der Waals surface area (Å²) in [6, 6.07) is 11.4. The smallest absolute Gasteiger partial charge is 0.0106 e. The van der Waals surface area contributed by atoms with Crippen LogP contribution in [0.1, 0.15) is 40.8 Å². The van der Waals surface area contributed by atoms with E-state index in [2.05, 4.69) is 48.0 Å². The van der Waals surface area contributed by atoms with Crippen molar-refractivity contribution in [3.05, 3.63) is 57.3 Å². The summed E-state index contributed by atoms with van der Waals surface area (Å²) >= 11 is 1.94. The number of hydrogen-bond acceptors (Lipinski definition) is 2. The van der Waals surface area contributed by atoms with Gasteiger partial charge in [-0.2, -0.15) is 0 Å². The molecule has 0 bridgehead atoms. The molecule has 0 saturated carbocycles. The Kier molecular flexibility index (Phi) is 4.23. The summed E-state index contributed by atoms with van der Waals surface area (Å²) in [4.78, 5) is 1.60. The molecule has 2 unspecified atom stereocenters. The lowest BCUT2D eigenvalue weighted by atomic mass is 9.83. The Balaban J connectivity index is 1.98. The molecule has 1 aromatic heterocycles. The van der Waals surface area contributed by atoms with Crippen molar-refractivity contribution in [2.24, 2.45) is 5.92 Å². The van der Waals surface area contributed by atoms with Crippen LogP contribution in [0, 0.1) is 5.92 Å². The lowest BCUT2D eigenvalue weighted by Crippen LogP contribution is -2.19. The first-order valence-corrected chi connectivity index (χ1v) is 8.46. The second-order valence-corrected chi connectivity index (χ2v) is 6.95. The van der Waals surface area contributed by atoms with Gasteiger partial charge in [0.1, 0.15) is 0 Å². The van der Waals surface area contributed by atoms with Crippen molar-refractivity contribution in [2.45, 2.75) is 32.1 Å². The molecule has 1 aliphatic carbocycles. The van der Waals surface area contributed by atoms with Crippen LogP contribution >= 0.6 is 11.3 Å². The van der Waals surface area contributed by atoms with Crippen molar-refractivity contribution in [1.82, 2.24) is 5.32 Å². The number of benzene rings is 1. The summed E-state index contributed by atoms with van der Waals surface area (Å²) in [5, 5.41) is 5.59. The molecule has 0 fully saturated rings. The van der Waals surface area contributed by atoms with Gasteiger partial charge >= 0.3 is 0 Å². The third kappa shape index (κ3) is 2.68. The normalized spacial score (nSPS) is 19.0.